The molecule has 0 saturated carbocycles. The number of carbonyl (C=O) groups excluding carboxylic acids is 5. The molecule has 2 heterocycles. The molecular formula is C20H23N3O7. The molecule has 160 valence electrons. The second-order valence-electron chi connectivity index (χ2n) is 7.39. The van der Waals surface area contributed by atoms with Gasteiger partial charge in [0, 0.05) is 5.56 Å². The van der Waals surface area contributed by atoms with Crippen molar-refractivity contribution in [1.29, 1.82) is 0 Å². The molecule has 10 nitrogen and oxygen atoms in total. The Morgan fingerprint density at radius 3 is 2.77 bits per heavy atom. The molecule has 10 heteroatoms. The molecule has 0 bridgehead atoms. The zero-order valence-electron chi connectivity index (χ0n) is 16.8. The summed E-state index contributed by atoms with van der Waals surface area (Å²) >= 11 is 0. The van der Waals surface area contributed by atoms with Crippen LogP contribution in [0.3, 0.4) is 0 Å². The average Bonchev–Trinajstić information content (AvgIpc) is 2.93. The molecule has 1 saturated heterocycles. The number of esters is 1. The Hall–Kier alpha value is -3.43. The van der Waals surface area contributed by atoms with E-state index >= 15 is 0 Å². The fourth-order valence-corrected chi connectivity index (χ4v) is 3.25. The Labute approximate surface area is 172 Å². The number of benzene rings is 1. The average molecular weight is 417 g/mol. The molecule has 0 aliphatic carbocycles. The van der Waals surface area contributed by atoms with Gasteiger partial charge in [-0.25, -0.2) is 4.79 Å². The summed E-state index contributed by atoms with van der Waals surface area (Å²) in [5.41, 5.74) is -0.470. The van der Waals surface area contributed by atoms with Crippen LogP contribution < -0.4 is 15.4 Å². The first-order valence-corrected chi connectivity index (χ1v) is 9.63. The van der Waals surface area contributed by atoms with E-state index in [1.54, 1.807) is 6.92 Å². The highest BCUT2D eigenvalue weighted by molar-refractivity contribution is 6.08. The number of ketones is 1. The fraction of sp³-hybridized carbons (Fsp3) is 0.450. The van der Waals surface area contributed by atoms with E-state index in [0.29, 0.717) is 17.9 Å². The van der Waals surface area contributed by atoms with Crippen LogP contribution >= 0.6 is 0 Å². The highest BCUT2D eigenvalue weighted by Gasteiger charge is 2.47. The summed E-state index contributed by atoms with van der Waals surface area (Å²) in [4.78, 5) is 61.2. The summed E-state index contributed by atoms with van der Waals surface area (Å²) in [5.74, 6) is -1.77. The van der Waals surface area contributed by atoms with Crippen LogP contribution in [0.4, 0.5) is 10.5 Å². The third kappa shape index (κ3) is 4.42. The van der Waals surface area contributed by atoms with Crippen LogP contribution in [0.25, 0.3) is 0 Å². The maximum Gasteiger partial charge on any atom is 0.326 e. The van der Waals surface area contributed by atoms with E-state index in [2.05, 4.69) is 10.6 Å². The van der Waals surface area contributed by atoms with E-state index in [1.807, 2.05) is 6.92 Å². The lowest BCUT2D eigenvalue weighted by Crippen LogP contribution is -2.44. The second-order valence-corrected chi connectivity index (χ2v) is 7.39. The van der Waals surface area contributed by atoms with Gasteiger partial charge in [-0.2, -0.15) is 0 Å². The Morgan fingerprint density at radius 1 is 1.27 bits per heavy atom. The van der Waals surface area contributed by atoms with Crippen LogP contribution in [0.1, 0.15) is 43.5 Å². The van der Waals surface area contributed by atoms with Crippen molar-refractivity contribution in [3.8, 4) is 5.75 Å². The van der Waals surface area contributed by atoms with E-state index < -0.39 is 42.4 Å². The number of Topliss-reactive ketones (excluding diaryl/α,β-unsaturated/α-hetero) is 1. The number of nitrogens with zero attached hydrogens (tertiary/aromatic N) is 1. The number of fused-ring (bicyclic) bond motifs is 1. The normalized spacial score (nSPS) is 20.2. The smallest absolute Gasteiger partial charge is 0.326 e. The largest absolute Gasteiger partial charge is 0.482 e. The zero-order valence-corrected chi connectivity index (χ0v) is 16.8. The number of ether oxygens (including phenoxy) is 2. The highest BCUT2D eigenvalue weighted by Crippen LogP contribution is 2.28. The SMILES string of the molecule is CCCC[C@@]1(C)NC(=O)N(CC(=O)OCC(=O)c2ccc3c(c2)NC(=O)CO3)C1=O. The monoisotopic (exact) mass is 417 g/mol. The zero-order chi connectivity index (χ0) is 21.9. The Balaban J connectivity index is 1.55. The predicted octanol–water partition coefficient (Wildman–Crippen LogP) is 1.24. The standard InChI is InChI=1S/C20H23N3O7/c1-3-4-7-20(2)18(27)23(19(28)22-20)9-17(26)30-10-14(24)12-5-6-15-13(8-12)21-16(25)11-29-15/h5-6,8H,3-4,7,9-11H2,1-2H3,(H,21,25)(H,22,28)/t20-/m1/s1. The van der Waals surface area contributed by atoms with E-state index in [4.69, 9.17) is 9.47 Å². The van der Waals surface area contributed by atoms with E-state index in [-0.39, 0.29) is 18.1 Å². The third-order valence-corrected chi connectivity index (χ3v) is 4.96. The molecule has 1 aromatic carbocycles. The lowest BCUT2D eigenvalue weighted by molar-refractivity contribution is -0.146. The quantitative estimate of drug-likeness (QED) is 0.370. The van der Waals surface area contributed by atoms with Gasteiger partial charge in [0.2, 0.25) is 0 Å². The van der Waals surface area contributed by atoms with Crippen molar-refractivity contribution < 1.29 is 33.4 Å². The number of carbonyl (C=O) groups is 5. The first kappa shape index (κ1) is 21.3. The summed E-state index contributed by atoms with van der Waals surface area (Å²) in [7, 11) is 0. The van der Waals surface area contributed by atoms with Crippen molar-refractivity contribution in [2.24, 2.45) is 0 Å². The van der Waals surface area contributed by atoms with Crippen molar-refractivity contribution in [3.63, 3.8) is 0 Å². The second kappa shape index (κ2) is 8.52. The molecule has 4 amide bonds. The summed E-state index contributed by atoms with van der Waals surface area (Å²) < 4.78 is 10.2. The van der Waals surface area contributed by atoms with Gasteiger partial charge in [-0.05, 0) is 31.5 Å². The first-order valence-electron chi connectivity index (χ1n) is 9.63. The Bertz CT molecular complexity index is 914. The molecule has 1 atom stereocenters. The number of anilines is 1. The molecule has 30 heavy (non-hydrogen) atoms. The minimum Gasteiger partial charge on any atom is -0.482 e. The third-order valence-electron chi connectivity index (χ3n) is 4.96. The maximum absolute atomic E-state index is 12.5. The number of hydrogen-bond donors (Lipinski definition) is 2. The van der Waals surface area contributed by atoms with Gasteiger partial charge in [-0.1, -0.05) is 19.8 Å². The molecule has 3 rings (SSSR count). The van der Waals surface area contributed by atoms with Crippen molar-refractivity contribution in [1.82, 2.24) is 10.2 Å². The first-order chi connectivity index (χ1) is 14.2. The van der Waals surface area contributed by atoms with Gasteiger partial charge < -0.3 is 20.1 Å². The number of hydrogen-bond acceptors (Lipinski definition) is 7. The lowest BCUT2D eigenvalue weighted by atomic mass is 9.95. The van der Waals surface area contributed by atoms with Gasteiger partial charge in [0.05, 0.1) is 5.69 Å². The van der Waals surface area contributed by atoms with Gasteiger partial charge in [-0.15, -0.1) is 0 Å². The van der Waals surface area contributed by atoms with Gasteiger partial charge in [-0.3, -0.25) is 24.1 Å². The van der Waals surface area contributed by atoms with Crippen LogP contribution in [0, 0.1) is 0 Å². The fourth-order valence-electron chi connectivity index (χ4n) is 3.25. The van der Waals surface area contributed by atoms with E-state index in [1.165, 1.54) is 18.2 Å². The Kier molecular flexibility index (Phi) is 6.04. The van der Waals surface area contributed by atoms with Crippen LogP contribution in [0.15, 0.2) is 18.2 Å². The summed E-state index contributed by atoms with van der Waals surface area (Å²) in [6, 6.07) is 3.79. The summed E-state index contributed by atoms with van der Waals surface area (Å²) in [6.07, 6.45) is 2.08. The molecule has 0 radical (unpaired) electrons. The number of imide groups is 1. The molecule has 2 N–H and O–H groups in total. The summed E-state index contributed by atoms with van der Waals surface area (Å²) in [5, 5.41) is 5.20. The topological polar surface area (TPSA) is 131 Å². The molecule has 0 spiro atoms. The molecule has 0 unspecified atom stereocenters. The van der Waals surface area contributed by atoms with Gasteiger partial charge in [0.15, 0.2) is 19.0 Å². The Morgan fingerprint density at radius 2 is 2.03 bits per heavy atom. The summed E-state index contributed by atoms with van der Waals surface area (Å²) in [6.45, 7) is 2.35. The maximum atomic E-state index is 12.5. The number of urea groups is 1. The van der Waals surface area contributed by atoms with Gasteiger partial charge in [0.1, 0.15) is 17.8 Å². The van der Waals surface area contributed by atoms with Gasteiger partial charge >= 0.3 is 12.0 Å². The van der Waals surface area contributed by atoms with Crippen LogP contribution in [0.5, 0.6) is 5.75 Å². The van der Waals surface area contributed by atoms with Crippen molar-refractivity contribution in [3.05, 3.63) is 23.8 Å². The number of unbranched alkanes of at least 4 members (excludes halogenated alkanes) is 1. The highest BCUT2D eigenvalue weighted by atomic mass is 16.5. The number of nitrogens with one attached hydrogen (secondary N) is 2. The van der Waals surface area contributed by atoms with Crippen molar-refractivity contribution >= 4 is 35.3 Å². The van der Waals surface area contributed by atoms with Crippen LogP contribution in [-0.2, 0) is 19.1 Å². The molecule has 2 aliphatic heterocycles. The molecule has 1 aromatic rings. The van der Waals surface area contributed by atoms with E-state index in [0.717, 1.165) is 17.7 Å². The number of rotatable bonds is 8. The van der Waals surface area contributed by atoms with Gasteiger partial charge in [0.25, 0.3) is 11.8 Å². The molecule has 1 fully saturated rings. The molecule has 0 aromatic heterocycles. The molecule has 2 aliphatic rings. The van der Waals surface area contributed by atoms with Crippen LogP contribution in [-0.4, -0.2) is 59.8 Å². The van der Waals surface area contributed by atoms with Crippen LogP contribution in [0.2, 0.25) is 0 Å². The van der Waals surface area contributed by atoms with Crippen molar-refractivity contribution in [2.45, 2.75) is 38.6 Å². The predicted molar refractivity (Wildman–Crippen MR) is 104 cm³/mol. The molecular weight excluding hydrogens is 394 g/mol. The van der Waals surface area contributed by atoms with Crippen molar-refractivity contribution in [2.75, 3.05) is 25.1 Å². The number of amides is 4. The minimum atomic E-state index is -1.04. The van der Waals surface area contributed by atoms with E-state index in [9.17, 15) is 24.0 Å². The lowest BCUT2D eigenvalue weighted by Gasteiger charge is -2.21. The minimum absolute atomic E-state index is 0.0990.